The van der Waals surface area contributed by atoms with Crippen LogP contribution in [0.1, 0.15) is 34.0 Å². The molecule has 1 amide bonds. The van der Waals surface area contributed by atoms with Gasteiger partial charge in [-0.15, -0.1) is 0 Å². The first-order valence-corrected chi connectivity index (χ1v) is 5.50. The van der Waals surface area contributed by atoms with E-state index >= 15 is 0 Å². The van der Waals surface area contributed by atoms with E-state index in [1.807, 2.05) is 24.3 Å². The third-order valence-electron chi connectivity index (χ3n) is 2.86. The Morgan fingerprint density at radius 1 is 1.25 bits per heavy atom. The van der Waals surface area contributed by atoms with Gasteiger partial charge in [-0.25, -0.2) is 0 Å². The fraction of sp³-hybridized carbons (Fsp3) is 0.214. The van der Waals surface area contributed by atoms with Crippen LogP contribution in [-0.4, -0.2) is 5.91 Å². The lowest BCUT2D eigenvalue weighted by molar-refractivity contribution is 0.0969. The maximum Gasteiger partial charge on any atom is 0.255 e. The molecule has 16 heavy (non-hydrogen) atoms. The van der Waals surface area contributed by atoms with Gasteiger partial charge in [-0.2, -0.15) is 0 Å². The molecule has 0 aliphatic carbocycles. The van der Waals surface area contributed by atoms with Crippen LogP contribution in [0.15, 0.2) is 30.5 Å². The third kappa shape index (κ3) is 1.78. The number of carbonyl (C=O) groups excluding carboxylic acids is 1. The number of allylic oxidation sites excluding steroid dienone is 2. The summed E-state index contributed by atoms with van der Waals surface area (Å²) in [5.74, 6) is -0.0296. The third-order valence-corrected chi connectivity index (χ3v) is 2.86. The van der Waals surface area contributed by atoms with Crippen LogP contribution < -0.4 is 5.32 Å². The smallest absolute Gasteiger partial charge is 0.255 e. The second-order valence-corrected chi connectivity index (χ2v) is 3.87. The summed E-state index contributed by atoms with van der Waals surface area (Å²) in [5, 5.41) is 2.76. The number of hydrogen-bond acceptors (Lipinski definition) is 1. The lowest BCUT2D eigenvalue weighted by Gasteiger charge is -2.12. The van der Waals surface area contributed by atoms with E-state index in [-0.39, 0.29) is 5.91 Å². The zero-order valence-electron chi connectivity index (χ0n) is 9.58. The minimum Gasteiger partial charge on any atom is -0.329 e. The number of fused-ring (bicyclic) bond motifs is 2. The highest BCUT2D eigenvalue weighted by Crippen LogP contribution is 2.22. The Hall–Kier alpha value is -1.83. The fourth-order valence-corrected chi connectivity index (χ4v) is 2.02. The van der Waals surface area contributed by atoms with Crippen LogP contribution in [0.25, 0.3) is 6.08 Å². The first kappa shape index (κ1) is 10.7. The average molecular weight is 213 g/mol. The first-order chi connectivity index (χ1) is 7.74. The van der Waals surface area contributed by atoms with Gasteiger partial charge in [-0.05, 0) is 42.2 Å². The van der Waals surface area contributed by atoms with Gasteiger partial charge in [-0.1, -0.05) is 25.1 Å². The molecule has 2 heteroatoms. The fourth-order valence-electron chi connectivity index (χ4n) is 2.02. The zero-order chi connectivity index (χ0) is 11.5. The summed E-state index contributed by atoms with van der Waals surface area (Å²) in [5.41, 5.74) is 4.28. The highest BCUT2D eigenvalue weighted by atomic mass is 16.1. The number of hydrogen-bond donors (Lipinski definition) is 1. The van der Waals surface area contributed by atoms with Crippen molar-refractivity contribution < 1.29 is 4.79 Å². The van der Waals surface area contributed by atoms with Crippen LogP contribution in [0.5, 0.6) is 0 Å². The van der Waals surface area contributed by atoms with Crippen molar-refractivity contribution >= 4 is 12.0 Å². The number of carbonyl (C=O) groups is 1. The Bertz CT molecular complexity index is 484. The van der Waals surface area contributed by atoms with E-state index in [0.717, 1.165) is 17.5 Å². The number of benzene rings is 1. The van der Waals surface area contributed by atoms with Gasteiger partial charge in [0.05, 0.1) is 0 Å². The van der Waals surface area contributed by atoms with Gasteiger partial charge < -0.3 is 5.32 Å². The molecule has 1 aliphatic rings. The molecule has 1 aromatic rings. The van der Waals surface area contributed by atoms with Gasteiger partial charge >= 0.3 is 0 Å². The summed E-state index contributed by atoms with van der Waals surface area (Å²) in [4.78, 5) is 11.9. The molecule has 1 aromatic carbocycles. The van der Waals surface area contributed by atoms with Crippen molar-refractivity contribution in [3.63, 3.8) is 0 Å². The standard InChI is InChI=1S/C14H15NO/c1-3-11-12-6-4-5-9-15-14(16)13(11)8-7-10(12)2/h4-9H,3H2,1-2H3,(H,15,16)/b6-4-,9-5+. The van der Waals surface area contributed by atoms with Crippen molar-refractivity contribution in [3.05, 3.63) is 52.7 Å². The van der Waals surface area contributed by atoms with Gasteiger partial charge in [0.2, 0.25) is 0 Å². The van der Waals surface area contributed by atoms with Crippen molar-refractivity contribution in [2.24, 2.45) is 0 Å². The highest BCUT2D eigenvalue weighted by molar-refractivity contribution is 5.97. The molecule has 0 fully saturated rings. The minimum atomic E-state index is -0.0296. The number of rotatable bonds is 1. The molecule has 0 saturated heterocycles. The van der Waals surface area contributed by atoms with Crippen molar-refractivity contribution in [2.75, 3.05) is 0 Å². The second-order valence-electron chi connectivity index (χ2n) is 3.87. The quantitative estimate of drug-likeness (QED) is 0.763. The summed E-state index contributed by atoms with van der Waals surface area (Å²) in [6.45, 7) is 4.15. The Morgan fingerprint density at radius 2 is 2.06 bits per heavy atom. The van der Waals surface area contributed by atoms with Gasteiger partial charge in [0.15, 0.2) is 0 Å². The number of amides is 1. The number of aryl methyl sites for hydroxylation is 1. The Kier molecular flexibility index (Phi) is 2.91. The van der Waals surface area contributed by atoms with Crippen LogP contribution in [0.4, 0.5) is 0 Å². The average Bonchev–Trinajstić information content (AvgIpc) is 2.34. The molecule has 0 aromatic heterocycles. The van der Waals surface area contributed by atoms with Gasteiger partial charge in [0.1, 0.15) is 0 Å². The normalized spacial score (nSPS) is 18.0. The van der Waals surface area contributed by atoms with Gasteiger partial charge in [-0.3, -0.25) is 4.79 Å². The maximum absolute atomic E-state index is 11.9. The molecule has 2 rings (SSSR count). The van der Waals surface area contributed by atoms with E-state index in [9.17, 15) is 4.79 Å². The van der Waals surface area contributed by atoms with Gasteiger partial charge in [0.25, 0.3) is 5.91 Å². The van der Waals surface area contributed by atoms with E-state index in [2.05, 4.69) is 25.2 Å². The molecule has 0 spiro atoms. The molecule has 0 atom stereocenters. The molecule has 1 N–H and O–H groups in total. The summed E-state index contributed by atoms with van der Waals surface area (Å²) in [7, 11) is 0. The molecule has 82 valence electrons. The molecule has 0 radical (unpaired) electrons. The van der Waals surface area contributed by atoms with E-state index in [1.165, 1.54) is 11.1 Å². The van der Waals surface area contributed by atoms with Crippen molar-refractivity contribution in [1.29, 1.82) is 0 Å². The molecule has 2 bridgehead atoms. The van der Waals surface area contributed by atoms with Crippen LogP contribution in [0.3, 0.4) is 0 Å². The Labute approximate surface area is 95.7 Å². The second kappa shape index (κ2) is 4.35. The molecule has 1 heterocycles. The predicted molar refractivity (Wildman–Crippen MR) is 66.2 cm³/mol. The zero-order valence-corrected chi connectivity index (χ0v) is 9.58. The lowest BCUT2D eigenvalue weighted by Crippen LogP contribution is -2.19. The maximum atomic E-state index is 11.9. The molecule has 0 unspecified atom stereocenters. The summed E-state index contributed by atoms with van der Waals surface area (Å²) < 4.78 is 0. The summed E-state index contributed by atoms with van der Waals surface area (Å²) >= 11 is 0. The van der Waals surface area contributed by atoms with Crippen molar-refractivity contribution in [2.45, 2.75) is 20.3 Å². The highest BCUT2D eigenvalue weighted by Gasteiger charge is 2.13. The molecule has 1 aliphatic heterocycles. The Morgan fingerprint density at radius 3 is 2.81 bits per heavy atom. The van der Waals surface area contributed by atoms with E-state index in [4.69, 9.17) is 0 Å². The lowest BCUT2D eigenvalue weighted by atomic mass is 9.94. The van der Waals surface area contributed by atoms with Crippen molar-refractivity contribution in [1.82, 2.24) is 5.32 Å². The van der Waals surface area contributed by atoms with E-state index in [1.54, 1.807) is 6.20 Å². The van der Waals surface area contributed by atoms with Crippen LogP contribution in [0.2, 0.25) is 0 Å². The molecular formula is C14H15NO. The molecule has 0 saturated carbocycles. The largest absolute Gasteiger partial charge is 0.329 e. The Balaban J connectivity index is 2.70. The van der Waals surface area contributed by atoms with E-state index in [0.29, 0.717) is 0 Å². The molecular weight excluding hydrogens is 198 g/mol. The van der Waals surface area contributed by atoms with E-state index < -0.39 is 0 Å². The van der Waals surface area contributed by atoms with Crippen LogP contribution in [-0.2, 0) is 6.42 Å². The van der Waals surface area contributed by atoms with Gasteiger partial charge in [0, 0.05) is 11.8 Å². The predicted octanol–water partition coefficient (Wildman–Crippen LogP) is 2.83. The first-order valence-electron chi connectivity index (χ1n) is 5.50. The minimum absolute atomic E-state index is 0.0296. The summed E-state index contributed by atoms with van der Waals surface area (Å²) in [6, 6.07) is 3.90. The number of nitrogens with one attached hydrogen (secondary N) is 1. The topological polar surface area (TPSA) is 29.1 Å². The van der Waals surface area contributed by atoms with Crippen LogP contribution in [0, 0.1) is 6.92 Å². The SMILES string of the molecule is CCc1c2ccc(C)c1/C=C\C=C\NC2=O. The summed E-state index contributed by atoms with van der Waals surface area (Å²) in [6.07, 6.45) is 8.39. The molecule has 2 nitrogen and oxygen atoms in total. The van der Waals surface area contributed by atoms with Crippen molar-refractivity contribution in [3.8, 4) is 0 Å². The monoisotopic (exact) mass is 213 g/mol. The van der Waals surface area contributed by atoms with Crippen LogP contribution >= 0.6 is 0 Å².